The molecule has 0 radical (unpaired) electrons. The molecular weight excluding hydrogens is 342 g/mol. The molecule has 1 N–H and O–H groups in total. The standard InChI is InChI=1S/C15H19N7O4/c1-2-26-14(24)15-7-21(6-10(15)3-4-25-8-15)13(23)11-5-12(18-17-11)22-9-16-19-20-22/h5,9-10H,2-4,6-8H2,1H3,(H,17,18)/t10-,15+/m0/s1. The molecule has 11 heteroatoms. The van der Waals surface area contributed by atoms with Gasteiger partial charge in [-0.3, -0.25) is 14.7 Å². The molecule has 2 aromatic heterocycles. The molecule has 2 aliphatic rings. The fourth-order valence-corrected chi connectivity index (χ4v) is 3.68. The van der Waals surface area contributed by atoms with Crippen LogP contribution in [0, 0.1) is 11.3 Å². The third-order valence-corrected chi connectivity index (χ3v) is 5.01. The maximum atomic E-state index is 12.9. The minimum atomic E-state index is -0.789. The second-order valence-corrected chi connectivity index (χ2v) is 6.49. The lowest BCUT2D eigenvalue weighted by atomic mass is 9.75. The number of nitrogens with one attached hydrogen (secondary N) is 1. The Labute approximate surface area is 148 Å². The summed E-state index contributed by atoms with van der Waals surface area (Å²) in [6.07, 6.45) is 2.11. The highest BCUT2D eigenvalue weighted by atomic mass is 16.5. The molecule has 26 heavy (non-hydrogen) atoms. The number of rotatable bonds is 4. The van der Waals surface area contributed by atoms with Crippen molar-refractivity contribution in [2.75, 3.05) is 32.9 Å². The normalized spacial score (nSPS) is 25.1. The zero-order valence-corrected chi connectivity index (χ0v) is 14.3. The van der Waals surface area contributed by atoms with Crippen molar-refractivity contribution >= 4 is 11.9 Å². The Bertz CT molecular complexity index is 805. The van der Waals surface area contributed by atoms with Crippen LogP contribution in [0.15, 0.2) is 12.4 Å². The van der Waals surface area contributed by atoms with Gasteiger partial charge in [-0.25, -0.2) is 0 Å². The second-order valence-electron chi connectivity index (χ2n) is 6.49. The predicted molar refractivity (Wildman–Crippen MR) is 85.2 cm³/mol. The number of likely N-dealkylation sites (tertiary alicyclic amines) is 1. The largest absolute Gasteiger partial charge is 0.465 e. The summed E-state index contributed by atoms with van der Waals surface area (Å²) in [5.41, 5.74) is -0.475. The van der Waals surface area contributed by atoms with E-state index >= 15 is 0 Å². The van der Waals surface area contributed by atoms with Crippen LogP contribution in [-0.4, -0.2) is 80.1 Å². The summed E-state index contributed by atoms with van der Waals surface area (Å²) in [4.78, 5) is 27.1. The van der Waals surface area contributed by atoms with Gasteiger partial charge in [0.05, 0.1) is 13.2 Å². The van der Waals surface area contributed by atoms with Crippen LogP contribution < -0.4 is 0 Å². The first kappa shape index (κ1) is 16.6. The molecule has 0 aliphatic carbocycles. The Hall–Kier alpha value is -2.82. The number of fused-ring (bicyclic) bond motifs is 1. The fraction of sp³-hybridized carbons (Fsp3) is 0.600. The van der Waals surface area contributed by atoms with Gasteiger partial charge in [-0.2, -0.15) is 9.78 Å². The summed E-state index contributed by atoms with van der Waals surface area (Å²) in [7, 11) is 0. The molecular formula is C15H19N7O4. The zero-order chi connectivity index (χ0) is 18.1. The number of carbonyl (C=O) groups excluding carboxylic acids is 2. The summed E-state index contributed by atoms with van der Waals surface area (Å²) in [5.74, 6) is -0.0755. The monoisotopic (exact) mass is 361 g/mol. The van der Waals surface area contributed by atoms with Crippen LogP contribution in [0.2, 0.25) is 0 Å². The van der Waals surface area contributed by atoms with Gasteiger partial charge in [0.1, 0.15) is 17.4 Å². The first-order valence-corrected chi connectivity index (χ1v) is 8.47. The highest BCUT2D eigenvalue weighted by Crippen LogP contribution is 2.42. The lowest BCUT2D eigenvalue weighted by molar-refractivity contribution is -0.166. The number of esters is 1. The minimum absolute atomic E-state index is 0.0288. The summed E-state index contributed by atoms with van der Waals surface area (Å²) in [5, 5.41) is 17.6. The van der Waals surface area contributed by atoms with Crippen LogP contribution in [0.4, 0.5) is 0 Å². The number of amides is 1. The summed E-state index contributed by atoms with van der Waals surface area (Å²) >= 11 is 0. The Morgan fingerprint density at radius 2 is 2.38 bits per heavy atom. The van der Waals surface area contributed by atoms with E-state index in [1.165, 1.54) is 11.0 Å². The molecule has 0 unspecified atom stereocenters. The van der Waals surface area contributed by atoms with Gasteiger partial charge in [0.25, 0.3) is 5.91 Å². The molecule has 0 bridgehead atoms. The maximum Gasteiger partial charge on any atom is 0.316 e. The first-order chi connectivity index (χ1) is 12.6. The average molecular weight is 361 g/mol. The number of hydrogen-bond donors (Lipinski definition) is 1. The number of H-pyrrole nitrogens is 1. The molecule has 2 atom stereocenters. The van der Waals surface area contributed by atoms with Crippen molar-refractivity contribution in [3.63, 3.8) is 0 Å². The van der Waals surface area contributed by atoms with Gasteiger partial charge in [0, 0.05) is 25.8 Å². The van der Waals surface area contributed by atoms with Crippen molar-refractivity contribution in [3.05, 3.63) is 18.1 Å². The van der Waals surface area contributed by atoms with E-state index in [9.17, 15) is 9.59 Å². The number of carbonyl (C=O) groups is 2. The third-order valence-electron chi connectivity index (χ3n) is 5.01. The number of aromatic nitrogens is 6. The number of tetrazole rings is 1. The molecule has 0 aromatic carbocycles. The molecule has 11 nitrogen and oxygen atoms in total. The van der Waals surface area contributed by atoms with Crippen molar-refractivity contribution in [2.45, 2.75) is 13.3 Å². The molecule has 4 rings (SSSR count). The highest BCUT2D eigenvalue weighted by Gasteiger charge is 2.56. The Balaban J connectivity index is 1.55. The number of aromatic amines is 1. The van der Waals surface area contributed by atoms with Crippen LogP contribution in [0.3, 0.4) is 0 Å². The van der Waals surface area contributed by atoms with E-state index in [1.807, 2.05) is 0 Å². The molecule has 4 heterocycles. The summed E-state index contributed by atoms with van der Waals surface area (Å²) in [6, 6.07) is 1.58. The molecule has 1 amide bonds. The van der Waals surface area contributed by atoms with E-state index in [0.29, 0.717) is 31.3 Å². The van der Waals surface area contributed by atoms with E-state index < -0.39 is 5.41 Å². The lowest BCUT2D eigenvalue weighted by Gasteiger charge is -2.35. The Morgan fingerprint density at radius 3 is 3.15 bits per heavy atom. The van der Waals surface area contributed by atoms with Gasteiger partial charge in [0.15, 0.2) is 5.82 Å². The van der Waals surface area contributed by atoms with Crippen LogP contribution in [-0.2, 0) is 14.3 Å². The van der Waals surface area contributed by atoms with E-state index in [2.05, 4.69) is 25.7 Å². The van der Waals surface area contributed by atoms with Gasteiger partial charge in [-0.1, -0.05) is 0 Å². The second kappa shape index (κ2) is 6.48. The van der Waals surface area contributed by atoms with Crippen LogP contribution >= 0.6 is 0 Å². The number of ether oxygens (including phenoxy) is 2. The van der Waals surface area contributed by atoms with Gasteiger partial charge < -0.3 is 14.4 Å². The number of hydrogen-bond acceptors (Lipinski definition) is 8. The Morgan fingerprint density at radius 1 is 1.50 bits per heavy atom. The van der Waals surface area contributed by atoms with E-state index in [0.717, 1.165) is 6.42 Å². The molecule has 0 saturated carbocycles. The summed E-state index contributed by atoms with van der Waals surface area (Å²) in [6.45, 7) is 3.70. The molecule has 2 saturated heterocycles. The minimum Gasteiger partial charge on any atom is -0.465 e. The van der Waals surface area contributed by atoms with Gasteiger partial charge in [-0.05, 0) is 29.7 Å². The van der Waals surface area contributed by atoms with Crippen LogP contribution in [0.1, 0.15) is 23.8 Å². The smallest absolute Gasteiger partial charge is 0.316 e. The fourth-order valence-electron chi connectivity index (χ4n) is 3.68. The molecule has 0 spiro atoms. The third kappa shape index (κ3) is 2.64. The van der Waals surface area contributed by atoms with E-state index in [4.69, 9.17) is 9.47 Å². The summed E-state index contributed by atoms with van der Waals surface area (Å²) < 4.78 is 12.2. The predicted octanol–water partition coefficient (Wildman–Crippen LogP) is -0.573. The molecule has 2 fully saturated rings. The van der Waals surface area contributed by atoms with Gasteiger partial charge in [-0.15, -0.1) is 5.10 Å². The zero-order valence-electron chi connectivity index (χ0n) is 14.3. The SMILES string of the molecule is CCOC(=O)[C@]12COCC[C@H]1CN(C(=O)c1cc(-n3cnnn3)n[nH]1)C2. The first-order valence-electron chi connectivity index (χ1n) is 8.47. The van der Waals surface area contributed by atoms with Gasteiger partial charge >= 0.3 is 5.97 Å². The van der Waals surface area contributed by atoms with Crippen molar-refractivity contribution in [1.29, 1.82) is 0 Å². The van der Waals surface area contributed by atoms with Crippen molar-refractivity contribution in [1.82, 2.24) is 35.3 Å². The van der Waals surface area contributed by atoms with Crippen LogP contribution in [0.25, 0.3) is 5.82 Å². The van der Waals surface area contributed by atoms with E-state index in [1.54, 1.807) is 17.9 Å². The Kier molecular flexibility index (Phi) is 4.15. The highest BCUT2D eigenvalue weighted by molar-refractivity contribution is 5.94. The number of nitrogens with zero attached hydrogens (tertiary/aromatic N) is 6. The lowest BCUT2D eigenvalue weighted by Crippen LogP contribution is -2.47. The van der Waals surface area contributed by atoms with Crippen LogP contribution in [0.5, 0.6) is 0 Å². The topological polar surface area (TPSA) is 128 Å². The maximum absolute atomic E-state index is 12.9. The van der Waals surface area contributed by atoms with Crippen molar-refractivity contribution in [2.24, 2.45) is 11.3 Å². The quantitative estimate of drug-likeness (QED) is 0.717. The van der Waals surface area contributed by atoms with E-state index in [-0.39, 0.29) is 30.9 Å². The van der Waals surface area contributed by atoms with Gasteiger partial charge in [0.2, 0.25) is 0 Å². The molecule has 2 aliphatic heterocycles. The van der Waals surface area contributed by atoms with Crippen molar-refractivity contribution < 1.29 is 19.1 Å². The molecule has 2 aromatic rings. The van der Waals surface area contributed by atoms with Crippen molar-refractivity contribution in [3.8, 4) is 5.82 Å². The average Bonchev–Trinajstić information content (AvgIpc) is 3.39. The molecule has 138 valence electrons.